The maximum absolute atomic E-state index is 14.2. The normalized spacial score (nSPS) is 13.5. The first kappa shape index (κ1) is 104. The van der Waals surface area contributed by atoms with Gasteiger partial charge in [-0.1, -0.05) is 36.8 Å². The average Bonchev–Trinajstić information content (AvgIpc) is 1.62. The largest absolute Gasteiger partial charge is 0.481 e. The van der Waals surface area contributed by atoms with Gasteiger partial charge in [-0.15, -0.1) is 5.10 Å². The van der Waals surface area contributed by atoms with Crippen molar-refractivity contribution in [3.8, 4) is 11.1 Å². The third-order valence-electron chi connectivity index (χ3n) is 20.1. The number of urea groups is 1. The Balaban J connectivity index is 1.13. The number of anilines is 3. The number of carbonyl (C=O) groups excluding carboxylic acids is 12. The lowest BCUT2D eigenvalue weighted by molar-refractivity contribution is -0.146. The van der Waals surface area contributed by atoms with Crippen molar-refractivity contribution in [2.24, 2.45) is 35.3 Å². The molecule has 680 valence electrons. The van der Waals surface area contributed by atoms with Gasteiger partial charge in [0.2, 0.25) is 35.4 Å². The fourth-order valence-electron chi connectivity index (χ4n) is 13.0. The summed E-state index contributed by atoms with van der Waals surface area (Å²) < 4.78 is 15.4. The zero-order valence-corrected chi connectivity index (χ0v) is 67.9. The van der Waals surface area contributed by atoms with Crippen LogP contribution in [0.15, 0.2) is 60.7 Å². The molecule has 0 aliphatic heterocycles. The fraction of sp³-hybridized carbons (Fsp3) is 0.494. The molecule has 7 amide bonds. The second kappa shape index (κ2) is 51.8. The molecular weight excluding hydrogens is 1660 g/mol. The number of halogens is 1. The molecule has 21 N–H and O–H groups in total. The van der Waals surface area contributed by atoms with E-state index in [4.69, 9.17) is 16.6 Å². The van der Waals surface area contributed by atoms with Crippen molar-refractivity contribution in [2.45, 2.75) is 217 Å². The molecule has 43 nitrogen and oxygen atoms in total. The summed E-state index contributed by atoms with van der Waals surface area (Å²) in [6.07, 6.45) is -13.8. The van der Waals surface area contributed by atoms with Gasteiger partial charge in [0.1, 0.15) is 53.1 Å². The lowest BCUT2D eigenvalue weighted by Gasteiger charge is -2.18. The summed E-state index contributed by atoms with van der Waals surface area (Å²) in [7, 11) is 0. The van der Waals surface area contributed by atoms with Crippen molar-refractivity contribution in [3.05, 3.63) is 72.0 Å². The van der Waals surface area contributed by atoms with Crippen LogP contribution in [0.5, 0.6) is 0 Å². The van der Waals surface area contributed by atoms with E-state index >= 15 is 0 Å². The molecule has 0 aliphatic carbocycles. The summed E-state index contributed by atoms with van der Waals surface area (Å²) >= 11 is 0. The maximum atomic E-state index is 14.2. The van der Waals surface area contributed by atoms with Crippen molar-refractivity contribution in [2.75, 3.05) is 22.9 Å². The quantitative estimate of drug-likeness (QED) is 0.0277. The molecule has 3 aromatic carbocycles. The van der Waals surface area contributed by atoms with Crippen LogP contribution in [0.2, 0.25) is 0 Å². The third kappa shape index (κ3) is 37.6. The van der Waals surface area contributed by atoms with Gasteiger partial charge in [-0.3, -0.25) is 81.5 Å². The van der Waals surface area contributed by atoms with Crippen molar-refractivity contribution < 1.29 is 161 Å². The van der Waals surface area contributed by atoms with E-state index in [0.29, 0.717) is 47.0 Å². The number of nitrogens with two attached hydrogens (primary N) is 2. The Morgan fingerprint density at radius 1 is 0.408 bits per heavy atom. The van der Waals surface area contributed by atoms with Crippen molar-refractivity contribution in [1.29, 1.82) is 0 Å². The molecule has 1 aromatic heterocycles. The van der Waals surface area contributed by atoms with E-state index in [9.17, 15) is 156 Å². The Kier molecular flexibility index (Phi) is 42.9. The highest BCUT2D eigenvalue weighted by Gasteiger charge is 2.34. The van der Waals surface area contributed by atoms with Crippen LogP contribution < -0.4 is 48.7 Å². The zero-order chi connectivity index (χ0) is 93.5. The zero-order valence-electron chi connectivity index (χ0n) is 67.9. The first-order valence-electron chi connectivity index (χ1n) is 39.6. The Morgan fingerprint density at radius 3 is 1.17 bits per heavy atom. The Labute approximate surface area is 711 Å². The van der Waals surface area contributed by atoms with Crippen LogP contribution in [0.3, 0.4) is 0 Å². The number of fused-ring (bicyclic) bond motifs is 1. The lowest BCUT2D eigenvalue weighted by Crippen LogP contribution is -2.42. The van der Waals surface area contributed by atoms with Crippen LogP contribution in [-0.2, 0) is 95.9 Å². The van der Waals surface area contributed by atoms with Gasteiger partial charge < -0.3 is 99.8 Å². The molecule has 1 heterocycles. The molecule has 0 spiro atoms. The molecule has 125 heavy (non-hydrogen) atoms. The molecule has 0 bridgehead atoms. The molecule has 0 saturated carbocycles. The number of carbonyl (C=O) groups is 22. The molecule has 0 aliphatic rings. The number of amides is 7. The number of aliphatic carboxylic acids is 10. The summed E-state index contributed by atoms with van der Waals surface area (Å²) in [6.45, 7) is 1.87. The van der Waals surface area contributed by atoms with E-state index in [0.717, 1.165) is 5.56 Å². The number of carboxylic acid groups (broad SMARTS) is 10. The number of ketones is 5. The van der Waals surface area contributed by atoms with Crippen LogP contribution in [-0.4, -0.2) is 228 Å². The number of hydrogen-bond donors (Lipinski definition) is 19. The van der Waals surface area contributed by atoms with E-state index in [1.807, 2.05) is 0 Å². The number of aromatic nitrogens is 2. The molecule has 4 aromatic rings. The number of nitrogens with zero attached hydrogens (tertiary/aromatic N) is 2. The van der Waals surface area contributed by atoms with Crippen molar-refractivity contribution >= 4 is 158 Å². The molecule has 0 saturated heterocycles. The minimum absolute atomic E-state index is 0.0133. The predicted molar refractivity (Wildman–Crippen MR) is 431 cm³/mol. The average molecular weight is 1760 g/mol. The summed E-state index contributed by atoms with van der Waals surface area (Å²) in [5.74, 6) is -33.3. The van der Waals surface area contributed by atoms with E-state index in [1.54, 1.807) is 55.5 Å². The number of Topliss-reactive ketones (excluding diaryl/α,β-unsaturated/α-hetero) is 5. The summed E-state index contributed by atoms with van der Waals surface area (Å²) in [5, 5.41) is 117. The van der Waals surface area contributed by atoms with Gasteiger partial charge in [0.15, 0.2) is 11.6 Å². The minimum atomic E-state index is -1.82. The summed E-state index contributed by atoms with van der Waals surface area (Å²) in [5.41, 5.74) is 15.3. The fourth-order valence-corrected chi connectivity index (χ4v) is 13.0. The van der Waals surface area contributed by atoms with Crippen LogP contribution in [0.25, 0.3) is 22.0 Å². The molecule has 4 rings (SSSR count). The van der Waals surface area contributed by atoms with Gasteiger partial charge in [0.25, 0.3) is 0 Å². The lowest BCUT2D eigenvalue weighted by atomic mass is 9.93. The molecule has 10 atom stereocenters. The first-order chi connectivity index (χ1) is 58.8. The van der Waals surface area contributed by atoms with Gasteiger partial charge in [-0.05, 0) is 125 Å². The second-order valence-electron chi connectivity index (χ2n) is 29.9. The third-order valence-corrected chi connectivity index (χ3v) is 20.1. The van der Waals surface area contributed by atoms with Gasteiger partial charge in [-0.2, -0.15) is 4.68 Å². The Morgan fingerprint density at radius 2 is 0.792 bits per heavy atom. The van der Waals surface area contributed by atoms with Gasteiger partial charge in [0.05, 0.1) is 52.2 Å². The van der Waals surface area contributed by atoms with Crippen LogP contribution in [0, 0.1) is 42.3 Å². The number of rotatable bonds is 62. The van der Waals surface area contributed by atoms with Gasteiger partial charge >= 0.3 is 65.7 Å². The highest BCUT2D eigenvalue weighted by Crippen LogP contribution is 2.34. The monoisotopic (exact) mass is 1760 g/mol. The van der Waals surface area contributed by atoms with Gasteiger partial charge in [0, 0.05) is 115 Å². The number of benzene rings is 3. The standard InChI is InChI=1S/C81H102FN11O32/c1-41-9-23-54(82)60(34-41)91-81(125)86-48-17-10-42(11-18-48)53-6-5-7-61-70(53)71(84)92-93(61)68(104)8-3-2-4-33-85-67(103)40-55(83)62(98)39-47(76(115)116)15-31-66(102)90-59(80(123)124)26-21-51(96)37-45(74(111)112)13-29-64(100)88-57(78(119)120)24-19-49(94)35-43(72(107)108)12-28-63(99)87-56(77(117)118)25-20-50(95)36-44(73(109)110)14-30-65(101)89-58(79(121)122)27-22-52(97)38-46(75(113)114)16-32-69(105)106/h5-7,9-11,17-18,23,34,43-47,55-59H,2-4,8,12-16,19-22,24-33,35-40,83H2,1H3,(H2,84,92)(H,85,103)(H,87,99)(H,88,100)(H,89,101)(H,90,102)(H,105,106)(H,107,108)(H,109,110)(H,111,112)(H,113,114)(H,115,116)(H,117,118)(H,119,120)(H,121,122)(H,123,124)(H2,86,91,125)/t43-,44-,45-,46-,47-,55+,56+,57+,58+,59+/m1/s1. The SMILES string of the molecule is Cc1ccc(F)c(NC(=O)Nc2ccc(-c3cccc4c3c(N)nn4C(=O)CCCCCNC(=O)C[C@H](N)C(=O)C[C@@H](CCC(=O)N[C@@H](CCC(=O)C[C@@H](CCC(=O)N[C@@H](CCC(=O)C[C@@H](CCC(=O)N[C@@H](CCC(=O)C[C@@H](CCC(=O)N[C@@H](CCC(=O)C[C@@H](CCC(=O)O)C(=O)O)C(=O)O)C(=O)O)C(=O)O)C(=O)O)C(=O)O)C(=O)O)C(=O)O)C(=O)O)cc2)c1. The highest BCUT2D eigenvalue weighted by atomic mass is 19.1. The highest BCUT2D eigenvalue weighted by molar-refractivity contribution is 6.06. The molecule has 44 heteroatoms. The maximum Gasteiger partial charge on any atom is 0.326 e. The smallest absolute Gasteiger partial charge is 0.326 e. The second-order valence-corrected chi connectivity index (χ2v) is 29.9. The van der Waals surface area contributed by atoms with E-state index in [-0.39, 0.29) is 36.8 Å². The van der Waals surface area contributed by atoms with Crippen LogP contribution in [0.1, 0.15) is 190 Å². The first-order valence-corrected chi connectivity index (χ1v) is 39.6. The van der Waals surface area contributed by atoms with E-state index in [2.05, 4.69) is 42.3 Å². The number of unbranched alkanes of at least 4 members (excludes halogenated alkanes) is 2. The van der Waals surface area contributed by atoms with E-state index in [1.165, 1.54) is 16.8 Å². The number of aryl methyl sites for hydroxylation is 1. The van der Waals surface area contributed by atoms with Crippen molar-refractivity contribution in [1.82, 2.24) is 36.4 Å². The summed E-state index contributed by atoms with van der Waals surface area (Å²) in [6, 6.07) is 7.00. The molecule has 0 fully saturated rings. The number of carboxylic acids is 10. The van der Waals surface area contributed by atoms with Gasteiger partial charge in [-0.25, -0.2) is 28.4 Å². The number of nitrogen functional groups attached to an aromatic ring is 1. The minimum Gasteiger partial charge on any atom is -0.481 e. The number of nitrogens with one attached hydrogen (secondary N) is 7. The Hall–Kier alpha value is -13.8. The number of hydrogen-bond acceptors (Lipinski definition) is 25. The van der Waals surface area contributed by atoms with Crippen LogP contribution in [0.4, 0.5) is 26.4 Å². The van der Waals surface area contributed by atoms with E-state index < -0.39 is 337 Å². The molecule has 0 unspecified atom stereocenters. The predicted octanol–water partition coefficient (Wildman–Crippen LogP) is 4.10. The van der Waals surface area contributed by atoms with Crippen LogP contribution >= 0.6 is 0 Å². The molecule has 0 radical (unpaired) electrons. The van der Waals surface area contributed by atoms with Crippen molar-refractivity contribution in [3.63, 3.8) is 0 Å². The summed E-state index contributed by atoms with van der Waals surface area (Å²) in [4.78, 5) is 273. The Bertz CT molecular complexity index is 4660. The molecular formula is C81H102FN11O32. The topological polar surface area (TPSA) is 732 Å².